The minimum absolute atomic E-state index is 0.161. The lowest BCUT2D eigenvalue weighted by molar-refractivity contribution is 0.0514. The van der Waals surface area contributed by atoms with Crippen molar-refractivity contribution in [2.45, 2.75) is 131 Å². The third-order valence-corrected chi connectivity index (χ3v) is 21.7. The fourth-order valence-corrected chi connectivity index (χ4v) is 16.7. The van der Waals surface area contributed by atoms with Gasteiger partial charge in [0, 0.05) is 144 Å². The molecule has 492 valence electrons. The van der Waals surface area contributed by atoms with Crippen LogP contribution in [0.2, 0.25) is 0 Å². The van der Waals surface area contributed by atoms with E-state index >= 15 is 0 Å². The maximum absolute atomic E-state index is 14.3. The van der Waals surface area contributed by atoms with Gasteiger partial charge in [0.1, 0.15) is 0 Å². The van der Waals surface area contributed by atoms with Gasteiger partial charge in [0.25, 0.3) is 47.3 Å². The normalized spacial score (nSPS) is 14.3. The molecule has 8 amide bonds. The molecule has 4 aliphatic rings. The van der Waals surface area contributed by atoms with Crippen LogP contribution in [-0.2, 0) is 0 Å². The van der Waals surface area contributed by atoms with Gasteiger partial charge in [-0.25, -0.2) is 0 Å². The van der Waals surface area contributed by atoms with Crippen LogP contribution in [-0.4, -0.2) is 91.0 Å². The highest BCUT2D eigenvalue weighted by Crippen LogP contribution is 2.51. The van der Waals surface area contributed by atoms with Crippen molar-refractivity contribution >= 4 is 161 Å². The van der Waals surface area contributed by atoms with Crippen molar-refractivity contribution < 1.29 is 38.4 Å². The summed E-state index contributed by atoms with van der Waals surface area (Å²) in [7, 11) is 0. The highest BCUT2D eigenvalue weighted by atomic mass is 79.9. The number of carbonyl (C=O) groups excluding carboxylic acids is 8. The smallest absolute Gasteiger partial charge is 0.261 e. The molecule has 16 rings (SSSR count). The number of terminal acetylenes is 1. The Morgan fingerprint density at radius 2 is 0.586 bits per heavy atom. The number of anilines is 2. The number of hydrogen-bond donors (Lipinski definition) is 2. The number of benzene rings is 12. The van der Waals surface area contributed by atoms with Crippen molar-refractivity contribution in [3.63, 3.8) is 0 Å². The summed E-state index contributed by atoms with van der Waals surface area (Å²) < 4.78 is 0.740. The van der Waals surface area contributed by atoms with Crippen LogP contribution in [0.25, 0.3) is 86.2 Å². The zero-order chi connectivity index (χ0) is 69.9. The zero-order valence-corrected chi connectivity index (χ0v) is 57.9. The predicted molar refractivity (Wildman–Crippen MR) is 398 cm³/mol. The van der Waals surface area contributed by atoms with Crippen LogP contribution in [0.5, 0.6) is 0 Å². The van der Waals surface area contributed by atoms with Gasteiger partial charge in [-0.3, -0.25) is 58.0 Å². The summed E-state index contributed by atoms with van der Waals surface area (Å²) in [6, 6.07) is 40.0. The monoisotopic (exact) mass is 1370 g/mol. The fourth-order valence-electron chi connectivity index (χ4n) is 16.1. The summed E-state index contributed by atoms with van der Waals surface area (Å²) in [5, 5.41) is 12.7. The van der Waals surface area contributed by atoms with Crippen molar-refractivity contribution in [2.75, 3.05) is 11.5 Å². The Hall–Kier alpha value is -11.0. The quantitative estimate of drug-likeness (QED) is 0.0390. The number of amides is 8. The lowest BCUT2D eigenvalue weighted by Gasteiger charge is -2.34. The second-order valence-electron chi connectivity index (χ2n) is 26.0. The first kappa shape index (κ1) is 65.3. The first-order chi connectivity index (χ1) is 47.8. The van der Waals surface area contributed by atoms with Crippen LogP contribution in [0, 0.1) is 24.2 Å². The van der Waals surface area contributed by atoms with Crippen molar-refractivity contribution in [3.8, 4) is 24.2 Å². The van der Waals surface area contributed by atoms with Crippen LogP contribution in [0.1, 0.15) is 206 Å². The van der Waals surface area contributed by atoms with Gasteiger partial charge in [0.15, 0.2) is 0 Å². The van der Waals surface area contributed by atoms with Crippen molar-refractivity contribution in [1.29, 1.82) is 0 Å². The first-order valence-electron chi connectivity index (χ1n) is 34.2. The highest BCUT2D eigenvalue weighted by molar-refractivity contribution is 9.10. The van der Waals surface area contributed by atoms with Gasteiger partial charge in [0.05, 0.1) is 0 Å². The zero-order valence-electron chi connectivity index (χ0n) is 56.3. The van der Waals surface area contributed by atoms with Gasteiger partial charge in [-0.15, -0.1) is 6.42 Å². The summed E-state index contributed by atoms with van der Waals surface area (Å²) in [5.41, 5.74) is 19.0. The molecule has 0 aromatic heterocycles. The molecule has 14 nitrogen and oxygen atoms in total. The van der Waals surface area contributed by atoms with E-state index < -0.39 is 0 Å². The Morgan fingerprint density at radius 3 is 0.919 bits per heavy atom. The van der Waals surface area contributed by atoms with Crippen LogP contribution in [0.4, 0.5) is 11.4 Å². The molecule has 4 N–H and O–H groups in total. The molecular weight excluding hydrogens is 1300 g/mol. The number of halogens is 1. The second-order valence-corrected chi connectivity index (χ2v) is 26.9. The molecule has 12 aromatic carbocycles. The molecular formula is C84H71BrN6O8. The van der Waals surface area contributed by atoms with Gasteiger partial charge in [-0.05, 0) is 192 Å². The minimum atomic E-state index is -0.320. The number of nitrogens with two attached hydrogens (primary N) is 2. The lowest BCUT2D eigenvalue weighted by Crippen LogP contribution is -2.46. The van der Waals surface area contributed by atoms with Gasteiger partial charge in [-0.2, -0.15) is 0 Å². The predicted octanol–water partition coefficient (Wildman–Crippen LogP) is 17.6. The second kappa shape index (κ2) is 25.1. The molecule has 0 saturated carbocycles. The molecule has 0 aliphatic carbocycles. The van der Waals surface area contributed by atoms with Crippen molar-refractivity contribution in [2.24, 2.45) is 0 Å². The Bertz CT molecular complexity index is 5600. The highest BCUT2D eigenvalue weighted by Gasteiger charge is 2.43. The van der Waals surface area contributed by atoms with E-state index in [4.69, 9.17) is 17.9 Å². The molecule has 99 heavy (non-hydrogen) atoms. The average molecular weight is 1370 g/mol. The van der Waals surface area contributed by atoms with Gasteiger partial charge >= 0.3 is 0 Å². The Balaban J connectivity index is 0.000000152. The average Bonchev–Trinajstić information content (AvgIpc) is 0.691. The van der Waals surface area contributed by atoms with E-state index in [1.807, 2.05) is 165 Å². The minimum Gasteiger partial charge on any atom is -0.399 e. The molecule has 0 atom stereocenters. The Labute approximate surface area is 581 Å². The van der Waals surface area contributed by atoms with E-state index in [1.165, 1.54) is 19.6 Å². The van der Waals surface area contributed by atoms with Crippen LogP contribution < -0.4 is 11.5 Å². The van der Waals surface area contributed by atoms with E-state index in [1.54, 1.807) is 24.3 Å². The molecule has 0 radical (unpaired) electrons. The summed E-state index contributed by atoms with van der Waals surface area (Å²) in [4.78, 5) is 117. The molecule has 15 heteroatoms. The standard InChI is InChI=1S/C42H35N3O4.C34H29BrN2O4.C8H7N/c1-5-25(6-2)44-39(46)30-18-15-27-28-16-19-32-37-33(42(49)45(41(32)48)26(7-3)8-4)21-23(12-9-22-10-13-24(43)14-11-22)34(38(28)37)29-17-20-31(40(44)47)36(30)35(27)29;1-5-16(6-2)36-31(38)21-12-9-18-19-10-13-23-28-24(34(41)37(33(23)40)17(7-3)8-4)15-25(35)29(30(19)28)20-11-14-22(32(36)39)27(21)26(18)20;1-2-7-3-5-8(9)6-4-7/h10-11,13-21,25-26H,5-8,43H2,1-4H3;9-17H,5-8H2,1-4H3;1,3-6H,9H2. The molecule has 0 bridgehead atoms. The number of fused-ring (bicyclic) bond motifs is 4. The van der Waals surface area contributed by atoms with Crippen molar-refractivity contribution in [3.05, 3.63) is 199 Å². The molecule has 12 aromatic rings. The molecule has 0 saturated heterocycles. The SMILES string of the molecule is C#Cc1ccc(N)cc1.CCC(CC)N1C(=O)c2ccc3c4ccc5c6c(cc(Br)c(c7ccc(c2c37)C1=O)c64)C(=O)N(C(CC)CC)C5=O.CCC(CC)N1C(=O)c2ccc3c4ccc5c6c(cc(C#Cc7ccc(N)cc7)c(c7ccc(c2c37)C1=O)c64)C(=O)N(C(CC)CC)C5=O. The number of nitrogens with zero attached hydrogens (tertiary/aromatic N) is 4. The molecule has 4 aliphatic heterocycles. The Kier molecular flexibility index (Phi) is 16.6. The maximum atomic E-state index is 14.3. The van der Waals surface area contributed by atoms with E-state index in [0.29, 0.717) is 129 Å². The fraction of sp³-hybridized carbons (Fsp3) is 0.238. The van der Waals surface area contributed by atoms with Gasteiger partial charge in [-0.1, -0.05) is 125 Å². The molecule has 4 heterocycles. The van der Waals surface area contributed by atoms with Gasteiger partial charge in [0.2, 0.25) is 0 Å². The topological polar surface area (TPSA) is 202 Å². The van der Waals surface area contributed by atoms with E-state index in [2.05, 4.69) is 33.7 Å². The summed E-state index contributed by atoms with van der Waals surface area (Å²) in [6.45, 7) is 15.9. The third kappa shape index (κ3) is 9.74. The summed E-state index contributed by atoms with van der Waals surface area (Å²) in [6.07, 6.45) is 10.5. The van der Waals surface area contributed by atoms with E-state index in [-0.39, 0.29) is 71.4 Å². The summed E-state index contributed by atoms with van der Waals surface area (Å²) in [5.74, 6) is 6.91. The number of imide groups is 4. The van der Waals surface area contributed by atoms with E-state index in [0.717, 1.165) is 85.9 Å². The number of hydrogen-bond acceptors (Lipinski definition) is 10. The Morgan fingerprint density at radius 1 is 0.313 bits per heavy atom. The number of carbonyl (C=O) groups is 8. The lowest BCUT2D eigenvalue weighted by atomic mass is 9.80. The van der Waals surface area contributed by atoms with Crippen LogP contribution >= 0.6 is 15.9 Å². The first-order valence-corrected chi connectivity index (χ1v) is 35.0. The van der Waals surface area contributed by atoms with Crippen molar-refractivity contribution in [1.82, 2.24) is 19.6 Å². The molecule has 0 unspecified atom stereocenters. The van der Waals surface area contributed by atoms with Crippen LogP contribution in [0.3, 0.4) is 0 Å². The molecule has 0 fully saturated rings. The number of nitrogen functional groups attached to an aromatic ring is 2. The molecule has 0 spiro atoms. The van der Waals surface area contributed by atoms with Crippen LogP contribution in [0.15, 0.2) is 138 Å². The van der Waals surface area contributed by atoms with Gasteiger partial charge < -0.3 is 11.5 Å². The number of rotatable bonds is 12. The van der Waals surface area contributed by atoms with E-state index in [9.17, 15) is 38.4 Å². The third-order valence-electron chi connectivity index (χ3n) is 21.1. The summed E-state index contributed by atoms with van der Waals surface area (Å²) >= 11 is 3.78. The largest absolute Gasteiger partial charge is 0.399 e. The maximum Gasteiger partial charge on any atom is 0.261 e.